The lowest BCUT2D eigenvalue weighted by Gasteiger charge is -2.37. The predicted octanol–water partition coefficient (Wildman–Crippen LogP) is 3.80. The summed E-state index contributed by atoms with van der Waals surface area (Å²) in [5.41, 5.74) is 2.29. The van der Waals surface area contributed by atoms with Crippen molar-refractivity contribution in [2.24, 2.45) is 11.8 Å². The topological polar surface area (TPSA) is 90.4 Å². The van der Waals surface area contributed by atoms with Crippen molar-refractivity contribution in [2.75, 3.05) is 36.0 Å². The van der Waals surface area contributed by atoms with E-state index < -0.39 is 29.6 Å². The molecule has 2 unspecified atom stereocenters. The van der Waals surface area contributed by atoms with Crippen LogP contribution in [0, 0.1) is 25.7 Å². The van der Waals surface area contributed by atoms with Crippen LogP contribution in [0.4, 0.5) is 11.4 Å². The Labute approximate surface area is 241 Å². The summed E-state index contributed by atoms with van der Waals surface area (Å²) in [6, 6.07) is 14.4. The number of hydrogen-bond donors (Lipinski definition) is 1. The Hall–Kier alpha value is -3.75. The molecule has 3 aliphatic heterocycles. The molecular weight excluding hydrogens is 518 g/mol. The highest BCUT2D eigenvalue weighted by Crippen LogP contribution is 2.59. The minimum atomic E-state index is -1.12. The Bertz CT molecular complexity index is 1340. The van der Waals surface area contributed by atoms with Crippen molar-refractivity contribution >= 4 is 29.1 Å². The number of hydrogen-bond acceptors (Lipinski definition) is 5. The first kappa shape index (κ1) is 28.8. The predicted molar refractivity (Wildman–Crippen MR) is 158 cm³/mol. The van der Waals surface area contributed by atoms with E-state index in [-0.39, 0.29) is 44.0 Å². The van der Waals surface area contributed by atoms with Crippen LogP contribution in [-0.2, 0) is 19.1 Å². The van der Waals surface area contributed by atoms with Crippen LogP contribution in [0.5, 0.6) is 0 Å². The minimum Gasteiger partial charge on any atom is -0.396 e. The molecule has 3 amide bonds. The quantitative estimate of drug-likeness (QED) is 0.425. The average Bonchev–Trinajstić information content (AvgIpc) is 3.62. The first-order valence-electron chi connectivity index (χ1n) is 14.3. The molecule has 1 N–H and O–H groups in total. The normalized spacial score (nSPS) is 26.1. The number of nitrogens with zero attached hydrogens (tertiary/aromatic N) is 3. The smallest absolute Gasteiger partial charge is 0.253 e. The molecule has 5 rings (SSSR count). The number of ether oxygens (including phenoxy) is 1. The monoisotopic (exact) mass is 557 g/mol. The van der Waals surface area contributed by atoms with Gasteiger partial charge in [0.1, 0.15) is 11.6 Å². The summed E-state index contributed by atoms with van der Waals surface area (Å²) in [5.74, 6) is -2.23. The molecule has 3 heterocycles. The van der Waals surface area contributed by atoms with Crippen molar-refractivity contribution in [3.8, 4) is 0 Å². The number of anilines is 2. The van der Waals surface area contributed by atoms with Gasteiger partial charge in [0.2, 0.25) is 11.8 Å². The van der Waals surface area contributed by atoms with Crippen LogP contribution in [0.25, 0.3) is 0 Å². The summed E-state index contributed by atoms with van der Waals surface area (Å²) in [6.45, 7) is 12.3. The number of aliphatic hydroxyl groups is 1. The third kappa shape index (κ3) is 4.79. The summed E-state index contributed by atoms with van der Waals surface area (Å²) >= 11 is 0. The maximum absolute atomic E-state index is 14.6. The molecule has 3 aliphatic rings. The maximum Gasteiger partial charge on any atom is 0.253 e. The van der Waals surface area contributed by atoms with Crippen molar-refractivity contribution < 1.29 is 24.2 Å². The summed E-state index contributed by atoms with van der Waals surface area (Å²) in [5, 5.41) is 9.66. The van der Waals surface area contributed by atoms with Gasteiger partial charge in [-0.25, -0.2) is 0 Å². The van der Waals surface area contributed by atoms with Gasteiger partial charge in [0.05, 0.1) is 17.9 Å². The van der Waals surface area contributed by atoms with E-state index in [1.54, 1.807) is 26.9 Å². The molecule has 1 spiro atoms. The van der Waals surface area contributed by atoms with Crippen LogP contribution in [0.1, 0.15) is 30.4 Å². The molecule has 3 fully saturated rings. The first-order chi connectivity index (χ1) is 19.8. The van der Waals surface area contributed by atoms with E-state index in [1.807, 2.05) is 62.4 Å². The highest BCUT2D eigenvalue weighted by molar-refractivity contribution is 6.06. The van der Waals surface area contributed by atoms with Gasteiger partial charge >= 0.3 is 0 Å². The molecule has 8 nitrogen and oxygen atoms in total. The standard InChI is InChI=1S/C33H39N3O5/c1-5-17-34(24-11-8-7-9-12-24)30(38)27-26-15-16-33(41-26)28(27)31(39)36(19-10-20-37)29(33)32(40)35(18-6-2)25-21-22(3)13-14-23(25)4/h5-9,11-14,21,26-29,37H,1-2,10,15-20H2,3-4H3/t26-,27+,28+,29?,33?/m1/s1. The highest BCUT2D eigenvalue weighted by Gasteiger charge is 2.75. The second-order valence-electron chi connectivity index (χ2n) is 11.3. The number of fused-ring (bicyclic) bond motifs is 1. The lowest BCUT2D eigenvalue weighted by atomic mass is 9.70. The molecule has 3 saturated heterocycles. The molecule has 216 valence electrons. The third-order valence-electron chi connectivity index (χ3n) is 8.76. The van der Waals surface area contributed by atoms with Gasteiger partial charge in [-0.1, -0.05) is 42.5 Å². The zero-order valence-electron chi connectivity index (χ0n) is 23.9. The van der Waals surface area contributed by atoms with Crippen molar-refractivity contribution in [1.82, 2.24) is 4.90 Å². The molecule has 0 radical (unpaired) electrons. The molecule has 0 aromatic heterocycles. The molecule has 0 saturated carbocycles. The molecule has 2 aromatic carbocycles. The summed E-state index contributed by atoms with van der Waals surface area (Å²) in [7, 11) is 0. The van der Waals surface area contributed by atoms with Gasteiger partial charge < -0.3 is 24.5 Å². The van der Waals surface area contributed by atoms with Crippen molar-refractivity contribution in [2.45, 2.75) is 50.9 Å². The lowest BCUT2D eigenvalue weighted by molar-refractivity contribution is -0.141. The number of carbonyl (C=O) groups excluding carboxylic acids is 3. The van der Waals surface area contributed by atoms with E-state index >= 15 is 0 Å². The molecule has 8 heteroatoms. The van der Waals surface area contributed by atoms with Gasteiger partial charge in [-0.2, -0.15) is 0 Å². The van der Waals surface area contributed by atoms with E-state index in [4.69, 9.17) is 4.74 Å². The Morgan fingerprint density at radius 3 is 2.46 bits per heavy atom. The van der Waals surface area contributed by atoms with Gasteiger partial charge in [-0.05, 0) is 62.4 Å². The van der Waals surface area contributed by atoms with E-state index in [0.29, 0.717) is 19.3 Å². The number of aliphatic hydroxyl groups excluding tert-OH is 1. The summed E-state index contributed by atoms with van der Waals surface area (Å²) in [4.78, 5) is 48.0. The SMILES string of the molecule is C=CCN(C(=O)[C@@H]1[C@H]2C(=O)N(CCCO)C(C(=O)N(CC=C)c3cc(C)ccc3C)C23CC[C@H]1O3)c1ccccc1. The van der Waals surface area contributed by atoms with Gasteiger partial charge in [0, 0.05) is 37.6 Å². The fraction of sp³-hybridized carbons (Fsp3) is 0.424. The average molecular weight is 558 g/mol. The Kier molecular flexibility index (Phi) is 8.16. The number of rotatable bonds is 11. The molecular formula is C33H39N3O5. The van der Waals surface area contributed by atoms with Crippen LogP contribution in [0.2, 0.25) is 0 Å². The maximum atomic E-state index is 14.6. The van der Waals surface area contributed by atoms with E-state index in [0.717, 1.165) is 22.5 Å². The van der Waals surface area contributed by atoms with Crippen molar-refractivity contribution in [3.05, 3.63) is 85.0 Å². The number of benzene rings is 2. The van der Waals surface area contributed by atoms with Gasteiger partial charge in [-0.3, -0.25) is 14.4 Å². The zero-order chi connectivity index (χ0) is 29.3. The number of para-hydroxylation sites is 1. The molecule has 41 heavy (non-hydrogen) atoms. The summed E-state index contributed by atoms with van der Waals surface area (Å²) < 4.78 is 6.64. The van der Waals surface area contributed by atoms with E-state index in [2.05, 4.69) is 13.2 Å². The van der Waals surface area contributed by atoms with Gasteiger partial charge in [0.25, 0.3) is 5.91 Å². The van der Waals surface area contributed by atoms with Gasteiger partial charge in [-0.15, -0.1) is 13.2 Å². The second kappa shape index (κ2) is 11.6. The minimum absolute atomic E-state index is 0.122. The van der Waals surface area contributed by atoms with Crippen LogP contribution in [0.3, 0.4) is 0 Å². The van der Waals surface area contributed by atoms with Crippen molar-refractivity contribution in [3.63, 3.8) is 0 Å². The first-order valence-corrected chi connectivity index (χ1v) is 14.3. The highest BCUT2D eigenvalue weighted by atomic mass is 16.5. The van der Waals surface area contributed by atoms with Crippen LogP contribution in [0.15, 0.2) is 73.8 Å². The van der Waals surface area contributed by atoms with Gasteiger partial charge in [0.15, 0.2) is 0 Å². The number of amides is 3. The fourth-order valence-electron chi connectivity index (χ4n) is 7.03. The molecule has 2 bridgehead atoms. The fourth-order valence-corrected chi connectivity index (χ4v) is 7.03. The number of aryl methyl sites for hydroxylation is 2. The van der Waals surface area contributed by atoms with E-state index in [1.165, 1.54) is 0 Å². The third-order valence-corrected chi connectivity index (χ3v) is 8.76. The largest absolute Gasteiger partial charge is 0.396 e. The molecule has 0 aliphatic carbocycles. The molecule has 5 atom stereocenters. The summed E-state index contributed by atoms with van der Waals surface area (Å²) in [6.07, 6.45) is 4.29. The Morgan fingerprint density at radius 2 is 1.78 bits per heavy atom. The van der Waals surface area contributed by atoms with Crippen LogP contribution in [-0.4, -0.2) is 71.7 Å². The van der Waals surface area contributed by atoms with Crippen molar-refractivity contribution in [1.29, 1.82) is 0 Å². The number of likely N-dealkylation sites (tertiary alicyclic amines) is 1. The lowest BCUT2D eigenvalue weighted by Crippen LogP contribution is -2.57. The van der Waals surface area contributed by atoms with Crippen LogP contribution < -0.4 is 9.80 Å². The molecule has 2 aromatic rings. The Morgan fingerprint density at radius 1 is 1.07 bits per heavy atom. The van der Waals surface area contributed by atoms with Crippen LogP contribution >= 0.6 is 0 Å². The Balaban J connectivity index is 1.57. The zero-order valence-corrected chi connectivity index (χ0v) is 23.9. The van der Waals surface area contributed by atoms with E-state index in [9.17, 15) is 19.5 Å². The number of carbonyl (C=O) groups is 3. The second-order valence-corrected chi connectivity index (χ2v) is 11.3.